The maximum absolute atomic E-state index is 12.1. The summed E-state index contributed by atoms with van der Waals surface area (Å²) in [5, 5.41) is 9.72. The number of hydrogen-bond donors (Lipinski definition) is 1. The SMILES string of the molecule is CCOC(=O)c1sc(N)c(C#N)c1CN1CCCCCC1. The Morgan fingerprint density at radius 3 is 2.62 bits per heavy atom. The Labute approximate surface area is 129 Å². The fourth-order valence-corrected chi connectivity index (χ4v) is 3.56. The lowest BCUT2D eigenvalue weighted by atomic mass is 10.1. The third kappa shape index (κ3) is 3.74. The van der Waals surface area contributed by atoms with Crippen molar-refractivity contribution in [1.82, 2.24) is 4.90 Å². The van der Waals surface area contributed by atoms with Crippen LogP contribution in [0.25, 0.3) is 0 Å². The highest BCUT2D eigenvalue weighted by Crippen LogP contribution is 2.32. The topological polar surface area (TPSA) is 79.3 Å². The molecule has 6 heteroatoms. The fourth-order valence-electron chi connectivity index (χ4n) is 2.64. The third-order valence-corrected chi connectivity index (χ3v) is 4.73. The summed E-state index contributed by atoms with van der Waals surface area (Å²) in [6.45, 7) is 4.70. The number of carbonyl (C=O) groups excluding carboxylic acids is 1. The monoisotopic (exact) mass is 307 g/mol. The Bertz CT molecular complexity index is 540. The Morgan fingerprint density at radius 2 is 2.05 bits per heavy atom. The highest BCUT2D eigenvalue weighted by Gasteiger charge is 2.24. The maximum Gasteiger partial charge on any atom is 0.348 e. The number of carbonyl (C=O) groups is 1. The van der Waals surface area contributed by atoms with Gasteiger partial charge in [-0.2, -0.15) is 5.26 Å². The number of ether oxygens (including phenoxy) is 1. The first kappa shape index (κ1) is 15.8. The molecule has 1 saturated heterocycles. The van der Waals surface area contributed by atoms with Crippen LogP contribution in [0.1, 0.15) is 53.4 Å². The van der Waals surface area contributed by atoms with Gasteiger partial charge in [-0.15, -0.1) is 11.3 Å². The van der Waals surface area contributed by atoms with Crippen LogP contribution in [0.3, 0.4) is 0 Å². The molecule has 0 aliphatic carbocycles. The van der Waals surface area contributed by atoms with E-state index in [2.05, 4.69) is 11.0 Å². The van der Waals surface area contributed by atoms with Gasteiger partial charge in [0.15, 0.2) is 0 Å². The first-order chi connectivity index (χ1) is 10.2. The number of nitrogens with two attached hydrogens (primary N) is 1. The standard InChI is InChI=1S/C15H21N3O2S/c1-2-20-15(19)13-12(11(9-16)14(17)21-13)10-18-7-5-3-4-6-8-18/h2-8,10,17H2,1H3. The van der Waals surface area contributed by atoms with Crippen LogP contribution >= 0.6 is 11.3 Å². The zero-order valence-corrected chi connectivity index (χ0v) is 13.2. The molecule has 2 rings (SSSR count). The van der Waals surface area contributed by atoms with Crippen molar-refractivity contribution in [2.75, 3.05) is 25.4 Å². The van der Waals surface area contributed by atoms with Gasteiger partial charge in [0.1, 0.15) is 15.9 Å². The average Bonchev–Trinajstić information content (AvgIpc) is 2.64. The normalized spacial score (nSPS) is 16.2. The molecule has 1 aliphatic rings. The van der Waals surface area contributed by atoms with Crippen molar-refractivity contribution >= 4 is 22.3 Å². The van der Waals surface area contributed by atoms with Gasteiger partial charge in [-0.05, 0) is 32.9 Å². The highest BCUT2D eigenvalue weighted by molar-refractivity contribution is 7.18. The van der Waals surface area contributed by atoms with E-state index >= 15 is 0 Å². The van der Waals surface area contributed by atoms with Crippen molar-refractivity contribution in [2.45, 2.75) is 39.2 Å². The van der Waals surface area contributed by atoms with Crippen LogP contribution in [-0.2, 0) is 11.3 Å². The van der Waals surface area contributed by atoms with Gasteiger partial charge >= 0.3 is 5.97 Å². The summed E-state index contributed by atoms with van der Waals surface area (Å²) in [5.41, 5.74) is 7.07. The number of rotatable bonds is 4. The number of nitriles is 1. The molecule has 0 bridgehead atoms. The summed E-state index contributed by atoms with van der Waals surface area (Å²) in [7, 11) is 0. The lowest BCUT2D eigenvalue weighted by molar-refractivity contribution is 0.0530. The van der Waals surface area contributed by atoms with E-state index in [1.165, 1.54) is 12.8 Å². The molecular weight excluding hydrogens is 286 g/mol. The number of hydrogen-bond acceptors (Lipinski definition) is 6. The molecule has 1 aromatic rings. The molecule has 0 spiro atoms. The smallest absolute Gasteiger partial charge is 0.348 e. The van der Waals surface area contributed by atoms with Gasteiger partial charge in [-0.3, -0.25) is 4.90 Å². The van der Waals surface area contributed by atoms with Gasteiger partial charge in [0, 0.05) is 12.1 Å². The van der Waals surface area contributed by atoms with Gasteiger partial charge in [-0.25, -0.2) is 4.79 Å². The minimum Gasteiger partial charge on any atom is -0.462 e. The molecule has 21 heavy (non-hydrogen) atoms. The molecule has 114 valence electrons. The van der Waals surface area contributed by atoms with E-state index in [4.69, 9.17) is 10.5 Å². The molecule has 0 amide bonds. The molecule has 0 aromatic carbocycles. The zero-order valence-electron chi connectivity index (χ0n) is 12.4. The highest BCUT2D eigenvalue weighted by atomic mass is 32.1. The van der Waals surface area contributed by atoms with Crippen molar-refractivity contribution < 1.29 is 9.53 Å². The Balaban J connectivity index is 2.26. The van der Waals surface area contributed by atoms with Gasteiger partial charge in [0.05, 0.1) is 12.2 Å². The molecule has 1 aliphatic heterocycles. The molecule has 0 atom stereocenters. The maximum atomic E-state index is 12.1. The largest absolute Gasteiger partial charge is 0.462 e. The van der Waals surface area contributed by atoms with Crippen molar-refractivity contribution in [3.63, 3.8) is 0 Å². The Hall–Kier alpha value is -1.58. The lowest BCUT2D eigenvalue weighted by Gasteiger charge is -2.20. The first-order valence-electron chi connectivity index (χ1n) is 7.38. The van der Waals surface area contributed by atoms with Crippen LogP contribution in [0.2, 0.25) is 0 Å². The summed E-state index contributed by atoms with van der Waals surface area (Å²) < 4.78 is 5.08. The first-order valence-corrected chi connectivity index (χ1v) is 8.19. The van der Waals surface area contributed by atoms with E-state index in [1.54, 1.807) is 6.92 Å². The number of nitrogens with zero attached hydrogens (tertiary/aromatic N) is 2. The van der Waals surface area contributed by atoms with Gasteiger partial charge < -0.3 is 10.5 Å². The number of nitrogen functional groups attached to an aromatic ring is 1. The summed E-state index contributed by atoms with van der Waals surface area (Å²) in [4.78, 5) is 14.8. The number of anilines is 1. The van der Waals surface area contributed by atoms with Crippen molar-refractivity contribution in [1.29, 1.82) is 5.26 Å². The molecule has 1 aromatic heterocycles. The Kier molecular flexibility index (Phi) is 5.59. The van der Waals surface area contributed by atoms with Crippen LogP contribution in [0.5, 0.6) is 0 Å². The predicted molar refractivity (Wildman–Crippen MR) is 83.1 cm³/mol. The second-order valence-electron chi connectivity index (χ2n) is 5.17. The van der Waals surface area contributed by atoms with Crippen LogP contribution in [0, 0.1) is 11.3 Å². The summed E-state index contributed by atoms with van der Waals surface area (Å²) in [5.74, 6) is -0.375. The van der Waals surface area contributed by atoms with E-state index in [9.17, 15) is 10.1 Å². The third-order valence-electron chi connectivity index (χ3n) is 3.69. The minimum atomic E-state index is -0.375. The zero-order chi connectivity index (χ0) is 15.2. The molecule has 1 fully saturated rings. The van der Waals surface area contributed by atoms with E-state index in [-0.39, 0.29) is 5.97 Å². The molecule has 0 radical (unpaired) electrons. The van der Waals surface area contributed by atoms with Crippen molar-refractivity contribution in [2.24, 2.45) is 0 Å². The Morgan fingerprint density at radius 1 is 1.38 bits per heavy atom. The van der Waals surface area contributed by atoms with Crippen molar-refractivity contribution in [3.8, 4) is 6.07 Å². The molecule has 0 unspecified atom stereocenters. The number of likely N-dealkylation sites (tertiary alicyclic amines) is 1. The quantitative estimate of drug-likeness (QED) is 0.865. The van der Waals surface area contributed by atoms with Crippen LogP contribution < -0.4 is 5.73 Å². The summed E-state index contributed by atoms with van der Waals surface area (Å²) >= 11 is 1.16. The lowest BCUT2D eigenvalue weighted by Crippen LogP contribution is -2.25. The van der Waals surface area contributed by atoms with E-state index in [0.29, 0.717) is 28.6 Å². The van der Waals surface area contributed by atoms with E-state index in [1.807, 2.05) is 0 Å². The van der Waals surface area contributed by atoms with Crippen molar-refractivity contribution in [3.05, 3.63) is 16.0 Å². The number of thiophene rings is 1. The second-order valence-corrected chi connectivity index (χ2v) is 6.22. The molecule has 0 saturated carbocycles. The number of esters is 1. The van der Waals surface area contributed by atoms with E-state index in [0.717, 1.165) is 42.8 Å². The van der Waals surface area contributed by atoms with Gasteiger partial charge in [-0.1, -0.05) is 12.8 Å². The summed E-state index contributed by atoms with van der Waals surface area (Å²) in [6.07, 6.45) is 4.82. The average molecular weight is 307 g/mol. The molecular formula is C15H21N3O2S. The molecule has 2 N–H and O–H groups in total. The fraction of sp³-hybridized carbons (Fsp3) is 0.600. The second kappa shape index (κ2) is 7.43. The summed E-state index contributed by atoms with van der Waals surface area (Å²) in [6, 6.07) is 2.14. The predicted octanol–water partition coefficient (Wildman–Crippen LogP) is 2.75. The molecule has 5 nitrogen and oxygen atoms in total. The van der Waals surface area contributed by atoms with Gasteiger partial charge in [0.25, 0.3) is 0 Å². The van der Waals surface area contributed by atoms with Crippen LogP contribution in [0.15, 0.2) is 0 Å². The van der Waals surface area contributed by atoms with Crippen LogP contribution in [-0.4, -0.2) is 30.6 Å². The van der Waals surface area contributed by atoms with Gasteiger partial charge in [0.2, 0.25) is 0 Å². The van der Waals surface area contributed by atoms with Crippen LogP contribution in [0.4, 0.5) is 5.00 Å². The van der Waals surface area contributed by atoms with E-state index < -0.39 is 0 Å². The molecule has 2 heterocycles. The minimum absolute atomic E-state index is 0.321.